The first-order valence-electron chi connectivity index (χ1n) is 4.27. The monoisotopic (exact) mass is 257 g/mol. The van der Waals surface area contributed by atoms with Gasteiger partial charge < -0.3 is 4.90 Å². The highest BCUT2D eigenvalue weighted by Crippen LogP contribution is 2.19. The van der Waals surface area contributed by atoms with Crippen molar-refractivity contribution in [1.82, 2.24) is 9.97 Å². The Morgan fingerprint density at radius 3 is 2.25 bits per heavy atom. The van der Waals surface area contributed by atoms with Crippen molar-refractivity contribution in [2.45, 2.75) is 6.18 Å². The van der Waals surface area contributed by atoms with E-state index < -0.39 is 18.5 Å². The van der Waals surface area contributed by atoms with Crippen molar-refractivity contribution in [3.05, 3.63) is 18.2 Å². The fourth-order valence-corrected chi connectivity index (χ4v) is 1.24. The number of halogens is 5. The molecule has 1 rings (SSSR count). The van der Waals surface area contributed by atoms with Gasteiger partial charge in [0.25, 0.3) is 0 Å². The quantitative estimate of drug-likeness (QED) is 0.612. The van der Waals surface area contributed by atoms with Crippen molar-refractivity contribution in [1.29, 1.82) is 0 Å². The van der Waals surface area contributed by atoms with Crippen LogP contribution in [0.2, 0.25) is 0 Å². The number of hydrogen-bond donors (Lipinski definition) is 0. The van der Waals surface area contributed by atoms with Crippen LogP contribution in [0.5, 0.6) is 0 Å². The maximum absolute atomic E-state index is 12.5. The minimum atomic E-state index is -4.39. The van der Waals surface area contributed by atoms with Crippen molar-refractivity contribution in [3.63, 3.8) is 0 Å². The van der Waals surface area contributed by atoms with E-state index in [9.17, 15) is 17.6 Å². The molecule has 0 aromatic carbocycles. The van der Waals surface area contributed by atoms with Crippen LogP contribution in [-0.4, -0.2) is 35.1 Å². The van der Waals surface area contributed by atoms with Crippen LogP contribution in [0.4, 0.5) is 23.5 Å². The molecule has 1 aromatic heterocycles. The molecular weight excluding hydrogens is 250 g/mol. The Balaban J connectivity index is 2.80. The normalized spacial score (nSPS) is 11.6. The summed E-state index contributed by atoms with van der Waals surface area (Å²) in [4.78, 5) is 7.76. The third-order valence-electron chi connectivity index (χ3n) is 1.61. The Morgan fingerprint density at radius 1 is 1.25 bits per heavy atom. The van der Waals surface area contributed by atoms with Gasteiger partial charge in [0.05, 0.1) is 12.4 Å². The third kappa shape index (κ3) is 4.18. The maximum atomic E-state index is 12.5. The molecule has 90 valence electrons. The summed E-state index contributed by atoms with van der Waals surface area (Å²) >= 11 is 5.37. The minimum absolute atomic E-state index is 0.00316. The Morgan fingerprint density at radius 2 is 1.81 bits per heavy atom. The summed E-state index contributed by atoms with van der Waals surface area (Å²) in [5.41, 5.74) is 0. The third-order valence-corrected chi connectivity index (χ3v) is 1.78. The molecular formula is C8H8ClF4N3. The van der Waals surface area contributed by atoms with Crippen LogP contribution < -0.4 is 4.90 Å². The summed E-state index contributed by atoms with van der Waals surface area (Å²) in [6.45, 7) is -1.28. The summed E-state index contributed by atoms with van der Waals surface area (Å²) in [5, 5.41) is 0. The summed E-state index contributed by atoms with van der Waals surface area (Å²) in [6, 6.07) is 0. The number of alkyl halides is 4. The molecule has 0 amide bonds. The smallest absolute Gasteiger partial charge is 0.331 e. The predicted molar refractivity (Wildman–Crippen MR) is 51.0 cm³/mol. The van der Waals surface area contributed by atoms with Gasteiger partial charge >= 0.3 is 6.18 Å². The van der Waals surface area contributed by atoms with Crippen LogP contribution in [0.3, 0.4) is 0 Å². The van der Waals surface area contributed by atoms with Crippen LogP contribution in [0.25, 0.3) is 0 Å². The highest BCUT2D eigenvalue weighted by Gasteiger charge is 2.31. The van der Waals surface area contributed by atoms with Crippen LogP contribution in [0, 0.1) is 5.82 Å². The fourth-order valence-electron chi connectivity index (χ4n) is 1.04. The largest absolute Gasteiger partial charge is 0.406 e. The van der Waals surface area contributed by atoms with E-state index >= 15 is 0 Å². The first kappa shape index (κ1) is 13.0. The van der Waals surface area contributed by atoms with Crippen LogP contribution in [-0.2, 0) is 0 Å². The minimum Gasteiger partial charge on any atom is -0.331 e. The van der Waals surface area contributed by atoms with E-state index in [2.05, 4.69) is 9.97 Å². The lowest BCUT2D eigenvalue weighted by Gasteiger charge is -2.22. The molecule has 3 nitrogen and oxygen atoms in total. The summed E-state index contributed by atoms with van der Waals surface area (Å²) in [7, 11) is 0. The second-order valence-corrected chi connectivity index (χ2v) is 3.30. The van der Waals surface area contributed by atoms with E-state index in [1.807, 2.05) is 0 Å². The predicted octanol–water partition coefficient (Wildman–Crippen LogP) is 2.22. The second kappa shape index (κ2) is 5.29. The van der Waals surface area contributed by atoms with Crippen LogP contribution in [0.15, 0.2) is 12.4 Å². The summed E-state index contributed by atoms with van der Waals surface area (Å²) in [5.74, 6) is -0.905. The molecule has 0 radical (unpaired) electrons. The number of anilines is 1. The Kier molecular flexibility index (Phi) is 4.28. The molecule has 0 atom stereocenters. The van der Waals surface area contributed by atoms with E-state index in [-0.39, 0.29) is 18.4 Å². The molecule has 0 aliphatic heterocycles. The summed E-state index contributed by atoms with van der Waals surface area (Å²) in [6.07, 6.45) is -2.77. The Labute approximate surface area is 94.1 Å². The lowest BCUT2D eigenvalue weighted by molar-refractivity contribution is -0.119. The van der Waals surface area contributed by atoms with Gasteiger partial charge in [-0.25, -0.2) is 14.4 Å². The molecule has 1 heterocycles. The standard InChI is InChI=1S/C8H8ClF4N3/c9-1-2-16(5-8(11,12)13)7-14-3-6(10)4-15-7/h3-4H,1-2,5H2. The van der Waals surface area contributed by atoms with E-state index in [0.29, 0.717) is 0 Å². The molecule has 1 aromatic rings. The summed E-state index contributed by atoms with van der Waals surface area (Å²) < 4.78 is 49.0. The zero-order valence-electron chi connectivity index (χ0n) is 8.01. The van der Waals surface area contributed by atoms with Gasteiger partial charge in [-0.1, -0.05) is 0 Å². The van der Waals surface area contributed by atoms with E-state index in [1.54, 1.807) is 0 Å². The zero-order valence-corrected chi connectivity index (χ0v) is 8.76. The molecule has 0 unspecified atom stereocenters. The van der Waals surface area contributed by atoms with E-state index in [4.69, 9.17) is 11.6 Å². The van der Waals surface area contributed by atoms with E-state index in [1.165, 1.54) is 0 Å². The van der Waals surface area contributed by atoms with Gasteiger partial charge in [-0.3, -0.25) is 0 Å². The molecule has 0 aliphatic rings. The molecule has 0 saturated carbocycles. The molecule has 0 saturated heterocycles. The highest BCUT2D eigenvalue weighted by molar-refractivity contribution is 6.18. The van der Waals surface area contributed by atoms with Crippen molar-refractivity contribution in [3.8, 4) is 0 Å². The topological polar surface area (TPSA) is 29.0 Å². The average Bonchev–Trinajstić information content (AvgIpc) is 2.16. The average molecular weight is 258 g/mol. The molecule has 0 aliphatic carbocycles. The van der Waals surface area contributed by atoms with Gasteiger partial charge in [0, 0.05) is 12.4 Å². The number of hydrogen-bond acceptors (Lipinski definition) is 3. The van der Waals surface area contributed by atoms with E-state index in [0.717, 1.165) is 17.3 Å². The van der Waals surface area contributed by atoms with Gasteiger partial charge in [-0.2, -0.15) is 13.2 Å². The van der Waals surface area contributed by atoms with Crippen molar-refractivity contribution in [2.75, 3.05) is 23.9 Å². The van der Waals surface area contributed by atoms with Crippen LogP contribution >= 0.6 is 11.6 Å². The first-order valence-corrected chi connectivity index (χ1v) is 4.81. The molecule has 8 heteroatoms. The molecule has 0 fully saturated rings. The fraction of sp³-hybridized carbons (Fsp3) is 0.500. The van der Waals surface area contributed by atoms with Crippen LogP contribution in [0.1, 0.15) is 0 Å². The van der Waals surface area contributed by atoms with Crippen molar-refractivity contribution in [2.24, 2.45) is 0 Å². The lowest BCUT2D eigenvalue weighted by atomic mass is 10.5. The lowest BCUT2D eigenvalue weighted by Crippen LogP contribution is -2.36. The van der Waals surface area contributed by atoms with Crippen molar-refractivity contribution < 1.29 is 17.6 Å². The zero-order chi connectivity index (χ0) is 12.2. The molecule has 0 bridgehead atoms. The maximum Gasteiger partial charge on any atom is 0.406 e. The van der Waals surface area contributed by atoms with Gasteiger partial charge in [-0.05, 0) is 0 Å². The molecule has 0 spiro atoms. The van der Waals surface area contributed by atoms with Gasteiger partial charge in [0.2, 0.25) is 5.95 Å². The first-order chi connectivity index (χ1) is 7.42. The number of aromatic nitrogens is 2. The second-order valence-electron chi connectivity index (χ2n) is 2.93. The Bertz CT molecular complexity index is 327. The van der Waals surface area contributed by atoms with Gasteiger partial charge in [0.15, 0.2) is 5.82 Å². The SMILES string of the molecule is Fc1cnc(N(CCCl)CC(F)(F)F)nc1. The number of nitrogens with zero attached hydrogens (tertiary/aromatic N) is 3. The molecule has 16 heavy (non-hydrogen) atoms. The number of rotatable bonds is 4. The Hall–Kier alpha value is -1.11. The van der Waals surface area contributed by atoms with Gasteiger partial charge in [0.1, 0.15) is 6.54 Å². The van der Waals surface area contributed by atoms with Crippen molar-refractivity contribution >= 4 is 17.5 Å². The highest BCUT2D eigenvalue weighted by atomic mass is 35.5. The van der Waals surface area contributed by atoms with Gasteiger partial charge in [-0.15, -0.1) is 11.6 Å². The molecule has 0 N–H and O–H groups in total.